The number of hydrogen-bond donors (Lipinski definition) is 1. The number of rotatable bonds is 2. The first-order valence-electron chi connectivity index (χ1n) is 6.64. The summed E-state index contributed by atoms with van der Waals surface area (Å²) in [5, 5.41) is 0. The summed E-state index contributed by atoms with van der Waals surface area (Å²) >= 11 is 3.44. The van der Waals surface area contributed by atoms with Gasteiger partial charge in [-0.3, -0.25) is 4.79 Å². The lowest BCUT2D eigenvalue weighted by atomic mass is 10.1. The number of carbonyl (C=O) groups is 1. The van der Waals surface area contributed by atoms with Crippen molar-refractivity contribution in [2.45, 2.75) is 6.42 Å². The zero-order valence-corrected chi connectivity index (χ0v) is 13.2. The SMILES string of the molecule is COc1ccc(Br)c(C(=O)N2CCc3cc(N)ccc32)c1. The van der Waals surface area contributed by atoms with Gasteiger partial charge in [-0.05, 0) is 64.3 Å². The monoisotopic (exact) mass is 346 g/mol. The molecule has 1 amide bonds. The van der Waals surface area contributed by atoms with Gasteiger partial charge in [0.05, 0.1) is 12.7 Å². The number of fused-ring (bicyclic) bond motifs is 1. The maximum atomic E-state index is 12.8. The minimum absolute atomic E-state index is 0.0377. The van der Waals surface area contributed by atoms with Crippen molar-refractivity contribution in [3.8, 4) is 5.75 Å². The Morgan fingerprint density at radius 1 is 1.29 bits per heavy atom. The molecule has 0 saturated carbocycles. The maximum absolute atomic E-state index is 12.8. The molecule has 0 aromatic heterocycles. The molecule has 0 bridgehead atoms. The Balaban J connectivity index is 1.98. The fourth-order valence-corrected chi connectivity index (χ4v) is 2.99. The molecule has 4 nitrogen and oxygen atoms in total. The summed E-state index contributed by atoms with van der Waals surface area (Å²) in [4.78, 5) is 14.6. The lowest BCUT2D eigenvalue weighted by Gasteiger charge is -2.18. The minimum atomic E-state index is -0.0377. The first kappa shape index (κ1) is 13.9. The third-order valence-corrected chi connectivity index (χ3v) is 4.34. The molecule has 1 heterocycles. The molecule has 3 rings (SSSR count). The summed E-state index contributed by atoms with van der Waals surface area (Å²) < 4.78 is 5.96. The van der Waals surface area contributed by atoms with Gasteiger partial charge in [-0.15, -0.1) is 0 Å². The van der Waals surface area contributed by atoms with Crippen molar-refractivity contribution in [2.75, 3.05) is 24.3 Å². The standard InChI is InChI=1S/C16H15BrN2O2/c1-21-12-3-4-14(17)13(9-12)16(20)19-7-6-10-8-11(18)2-5-15(10)19/h2-5,8-9H,6-7,18H2,1H3. The lowest BCUT2D eigenvalue weighted by molar-refractivity contribution is 0.0988. The highest BCUT2D eigenvalue weighted by Gasteiger charge is 2.27. The number of ether oxygens (including phenoxy) is 1. The van der Waals surface area contributed by atoms with E-state index in [1.807, 2.05) is 30.3 Å². The minimum Gasteiger partial charge on any atom is -0.497 e. The molecule has 2 aromatic rings. The van der Waals surface area contributed by atoms with Crippen molar-refractivity contribution in [2.24, 2.45) is 0 Å². The van der Waals surface area contributed by atoms with E-state index in [1.54, 1.807) is 18.1 Å². The first-order valence-corrected chi connectivity index (χ1v) is 7.43. The number of amides is 1. The maximum Gasteiger partial charge on any atom is 0.259 e. The van der Waals surface area contributed by atoms with Gasteiger partial charge in [0.1, 0.15) is 5.75 Å². The molecule has 0 fully saturated rings. The number of nitrogens with two attached hydrogens (primary N) is 1. The molecule has 1 aliphatic heterocycles. The number of halogens is 1. The highest BCUT2D eigenvalue weighted by atomic mass is 79.9. The Labute approximate surface area is 131 Å². The fourth-order valence-electron chi connectivity index (χ4n) is 2.57. The van der Waals surface area contributed by atoms with Crippen LogP contribution >= 0.6 is 15.9 Å². The molecule has 108 valence electrons. The van der Waals surface area contributed by atoms with Crippen LogP contribution in [0.1, 0.15) is 15.9 Å². The lowest BCUT2D eigenvalue weighted by Crippen LogP contribution is -2.29. The molecule has 21 heavy (non-hydrogen) atoms. The topological polar surface area (TPSA) is 55.6 Å². The van der Waals surface area contributed by atoms with Crippen molar-refractivity contribution in [3.05, 3.63) is 52.0 Å². The molecule has 2 aromatic carbocycles. The molecule has 0 saturated heterocycles. The molecule has 1 aliphatic rings. The first-order chi connectivity index (χ1) is 10.1. The van der Waals surface area contributed by atoms with Gasteiger partial charge in [-0.25, -0.2) is 0 Å². The van der Waals surface area contributed by atoms with Crippen LogP contribution < -0.4 is 15.4 Å². The summed E-state index contributed by atoms with van der Waals surface area (Å²) in [6.07, 6.45) is 0.827. The van der Waals surface area contributed by atoms with Crippen LogP contribution in [-0.2, 0) is 6.42 Å². The van der Waals surface area contributed by atoms with Crippen LogP contribution in [0.4, 0.5) is 11.4 Å². The largest absolute Gasteiger partial charge is 0.497 e. The summed E-state index contributed by atoms with van der Waals surface area (Å²) in [5.74, 6) is 0.627. The van der Waals surface area contributed by atoms with Gasteiger partial charge in [0.15, 0.2) is 0 Å². The number of hydrogen-bond acceptors (Lipinski definition) is 3. The van der Waals surface area contributed by atoms with E-state index >= 15 is 0 Å². The number of nitrogen functional groups attached to an aromatic ring is 1. The second-order valence-electron chi connectivity index (χ2n) is 4.94. The van der Waals surface area contributed by atoms with E-state index in [9.17, 15) is 4.79 Å². The molecule has 0 atom stereocenters. The zero-order chi connectivity index (χ0) is 15.0. The molecule has 2 N–H and O–H groups in total. The highest BCUT2D eigenvalue weighted by molar-refractivity contribution is 9.10. The number of benzene rings is 2. The Kier molecular flexibility index (Phi) is 3.59. The van der Waals surface area contributed by atoms with E-state index in [4.69, 9.17) is 10.5 Å². The second kappa shape index (κ2) is 5.41. The second-order valence-corrected chi connectivity index (χ2v) is 5.80. The smallest absolute Gasteiger partial charge is 0.259 e. The Morgan fingerprint density at radius 2 is 2.10 bits per heavy atom. The number of methoxy groups -OCH3 is 1. The van der Waals surface area contributed by atoms with E-state index in [-0.39, 0.29) is 5.91 Å². The van der Waals surface area contributed by atoms with E-state index in [1.165, 1.54) is 0 Å². The normalized spacial score (nSPS) is 13.1. The van der Waals surface area contributed by atoms with Gasteiger partial charge in [0.25, 0.3) is 5.91 Å². The Hall–Kier alpha value is -2.01. The highest BCUT2D eigenvalue weighted by Crippen LogP contribution is 2.32. The summed E-state index contributed by atoms with van der Waals surface area (Å²) in [7, 11) is 1.59. The van der Waals surface area contributed by atoms with Crippen molar-refractivity contribution in [1.29, 1.82) is 0 Å². The van der Waals surface area contributed by atoms with Crippen molar-refractivity contribution < 1.29 is 9.53 Å². The van der Waals surface area contributed by atoms with Crippen molar-refractivity contribution in [1.82, 2.24) is 0 Å². The number of anilines is 2. The predicted molar refractivity (Wildman–Crippen MR) is 86.9 cm³/mol. The number of carbonyl (C=O) groups excluding carboxylic acids is 1. The van der Waals surface area contributed by atoms with Crippen LogP contribution in [0.3, 0.4) is 0 Å². The molecule has 0 radical (unpaired) electrons. The molecule has 0 unspecified atom stereocenters. The van der Waals surface area contributed by atoms with Crippen LogP contribution in [0.2, 0.25) is 0 Å². The van der Waals surface area contributed by atoms with Crippen LogP contribution in [0.15, 0.2) is 40.9 Å². The van der Waals surface area contributed by atoms with Gasteiger partial charge in [-0.2, -0.15) is 0 Å². The molecule has 0 aliphatic carbocycles. The summed E-state index contributed by atoms with van der Waals surface area (Å²) in [6, 6.07) is 11.1. The third-order valence-electron chi connectivity index (χ3n) is 3.65. The van der Waals surface area contributed by atoms with Gasteiger partial charge >= 0.3 is 0 Å². The van der Waals surface area contributed by atoms with E-state index < -0.39 is 0 Å². The summed E-state index contributed by atoms with van der Waals surface area (Å²) in [5.41, 5.74) is 9.17. The molecule has 0 spiro atoms. The summed E-state index contributed by atoms with van der Waals surface area (Å²) in [6.45, 7) is 0.668. The van der Waals surface area contributed by atoms with Crippen molar-refractivity contribution >= 4 is 33.2 Å². The van der Waals surface area contributed by atoms with E-state index in [2.05, 4.69) is 15.9 Å². The molecular weight excluding hydrogens is 332 g/mol. The average Bonchev–Trinajstić information content (AvgIpc) is 2.90. The van der Waals surface area contributed by atoms with Crippen LogP contribution in [0.5, 0.6) is 5.75 Å². The van der Waals surface area contributed by atoms with Gasteiger partial charge in [0, 0.05) is 22.4 Å². The van der Waals surface area contributed by atoms with Crippen LogP contribution in [-0.4, -0.2) is 19.6 Å². The Bertz CT molecular complexity index is 715. The van der Waals surface area contributed by atoms with E-state index in [0.29, 0.717) is 17.9 Å². The average molecular weight is 347 g/mol. The number of nitrogens with zero attached hydrogens (tertiary/aromatic N) is 1. The van der Waals surface area contributed by atoms with Gasteiger partial charge in [0.2, 0.25) is 0 Å². The Morgan fingerprint density at radius 3 is 2.86 bits per heavy atom. The molecule has 5 heteroatoms. The van der Waals surface area contributed by atoms with Crippen molar-refractivity contribution in [3.63, 3.8) is 0 Å². The fraction of sp³-hybridized carbons (Fsp3) is 0.188. The third kappa shape index (κ3) is 2.49. The predicted octanol–water partition coefficient (Wildman–Crippen LogP) is 3.24. The molecular formula is C16H15BrN2O2. The van der Waals surface area contributed by atoms with Gasteiger partial charge < -0.3 is 15.4 Å². The zero-order valence-electron chi connectivity index (χ0n) is 11.6. The van der Waals surface area contributed by atoms with Crippen LogP contribution in [0, 0.1) is 0 Å². The van der Waals surface area contributed by atoms with Crippen LogP contribution in [0.25, 0.3) is 0 Å². The quantitative estimate of drug-likeness (QED) is 0.849. The van der Waals surface area contributed by atoms with Gasteiger partial charge in [-0.1, -0.05) is 0 Å². The van der Waals surface area contributed by atoms with E-state index in [0.717, 1.165) is 27.8 Å².